The third-order valence-corrected chi connectivity index (χ3v) is 1.22. The van der Waals surface area contributed by atoms with Crippen molar-refractivity contribution in [3.63, 3.8) is 0 Å². The largest absolute Gasteiger partial charge is 0.390 e. The number of nitrogens with one attached hydrogen (secondary N) is 1. The van der Waals surface area contributed by atoms with Gasteiger partial charge in [-0.05, 0) is 6.42 Å². The third-order valence-electron chi connectivity index (χ3n) is 1.22. The summed E-state index contributed by atoms with van der Waals surface area (Å²) in [5, 5.41) is 2.38. The maximum atomic E-state index is 11.6. The van der Waals surface area contributed by atoms with Gasteiger partial charge in [0, 0.05) is 13.1 Å². The predicted molar refractivity (Wildman–Crippen MR) is 45.5 cm³/mol. The summed E-state index contributed by atoms with van der Waals surface area (Å²) in [6.07, 6.45) is -4.21. The van der Waals surface area contributed by atoms with Gasteiger partial charge >= 0.3 is 6.18 Å². The average Bonchev–Trinajstić information content (AvgIpc) is 1.98. The van der Waals surface area contributed by atoms with Gasteiger partial charge in [0.15, 0.2) is 5.96 Å². The molecule has 3 N–H and O–H groups in total. The van der Waals surface area contributed by atoms with Gasteiger partial charge in [0.25, 0.3) is 0 Å². The Balaban J connectivity index is 3.53. The first-order valence-electron chi connectivity index (χ1n) is 4.06. The predicted octanol–water partition coefficient (Wildman–Crippen LogP) is 1.25. The molecule has 0 aromatic heterocycles. The SMILES string of the molecule is CCCN=C(N)NCCC(F)(F)F. The molecule has 13 heavy (non-hydrogen) atoms. The number of hydrogen-bond acceptors (Lipinski definition) is 1. The molecule has 0 spiro atoms. The van der Waals surface area contributed by atoms with Gasteiger partial charge in [-0.1, -0.05) is 6.92 Å². The quantitative estimate of drug-likeness (QED) is 0.526. The van der Waals surface area contributed by atoms with E-state index in [4.69, 9.17) is 5.73 Å². The molecule has 3 nitrogen and oxygen atoms in total. The molecule has 0 fully saturated rings. The number of aliphatic imine (C=N–C) groups is 1. The second kappa shape index (κ2) is 5.66. The number of nitrogens with two attached hydrogens (primary N) is 1. The highest BCUT2D eigenvalue weighted by Gasteiger charge is 2.26. The molecule has 0 atom stereocenters. The Morgan fingerprint density at radius 3 is 2.54 bits per heavy atom. The van der Waals surface area contributed by atoms with E-state index < -0.39 is 12.6 Å². The summed E-state index contributed by atoms with van der Waals surface area (Å²) in [6, 6.07) is 0. The molecule has 0 aromatic rings. The first-order chi connectivity index (χ1) is 5.95. The molecule has 0 aliphatic carbocycles. The Hall–Kier alpha value is -0.940. The summed E-state index contributed by atoms with van der Waals surface area (Å²) in [6.45, 7) is 2.22. The molecule has 0 unspecified atom stereocenters. The highest BCUT2D eigenvalue weighted by molar-refractivity contribution is 5.77. The lowest BCUT2D eigenvalue weighted by molar-refractivity contribution is -0.132. The molecule has 0 bridgehead atoms. The van der Waals surface area contributed by atoms with E-state index in [2.05, 4.69) is 10.3 Å². The van der Waals surface area contributed by atoms with Crippen molar-refractivity contribution in [3.8, 4) is 0 Å². The first kappa shape index (κ1) is 12.1. The number of nitrogens with zero attached hydrogens (tertiary/aromatic N) is 1. The zero-order valence-electron chi connectivity index (χ0n) is 7.49. The lowest BCUT2D eigenvalue weighted by atomic mass is 10.4. The lowest BCUT2D eigenvalue weighted by Crippen LogP contribution is -2.34. The normalized spacial score (nSPS) is 13.1. The van der Waals surface area contributed by atoms with Gasteiger partial charge in [-0.3, -0.25) is 4.99 Å². The number of hydrogen-bond donors (Lipinski definition) is 2. The standard InChI is InChI=1S/C7H14F3N3/c1-2-4-12-6(11)13-5-3-7(8,9)10/h2-5H2,1H3,(H3,11,12,13). The van der Waals surface area contributed by atoms with E-state index in [1.165, 1.54) is 0 Å². The van der Waals surface area contributed by atoms with Crippen molar-refractivity contribution in [2.45, 2.75) is 25.9 Å². The maximum absolute atomic E-state index is 11.6. The van der Waals surface area contributed by atoms with Crippen LogP contribution in [0.4, 0.5) is 13.2 Å². The minimum absolute atomic E-state index is 0.0751. The number of alkyl halides is 3. The molecule has 0 amide bonds. The van der Waals surface area contributed by atoms with Gasteiger partial charge in [0.1, 0.15) is 0 Å². The van der Waals surface area contributed by atoms with Crippen LogP contribution in [0.2, 0.25) is 0 Å². The lowest BCUT2D eigenvalue weighted by Gasteiger charge is -2.07. The Morgan fingerprint density at radius 1 is 1.46 bits per heavy atom. The van der Waals surface area contributed by atoms with Crippen LogP contribution in [-0.4, -0.2) is 25.2 Å². The second-order valence-corrected chi connectivity index (χ2v) is 2.56. The molecule has 0 rings (SSSR count). The molecular weight excluding hydrogens is 183 g/mol. The summed E-state index contributed by atoms with van der Waals surface area (Å²) in [5.74, 6) is 0.0751. The highest BCUT2D eigenvalue weighted by Crippen LogP contribution is 2.17. The monoisotopic (exact) mass is 197 g/mol. The Morgan fingerprint density at radius 2 is 2.08 bits per heavy atom. The van der Waals surface area contributed by atoms with Crippen LogP contribution in [-0.2, 0) is 0 Å². The van der Waals surface area contributed by atoms with Crippen LogP contribution in [0.5, 0.6) is 0 Å². The summed E-state index contributed by atoms with van der Waals surface area (Å²) in [4.78, 5) is 3.78. The van der Waals surface area contributed by atoms with E-state index in [1.807, 2.05) is 6.92 Å². The molecule has 6 heteroatoms. The van der Waals surface area contributed by atoms with Gasteiger partial charge in [-0.25, -0.2) is 0 Å². The van der Waals surface area contributed by atoms with Gasteiger partial charge in [0.2, 0.25) is 0 Å². The fourth-order valence-corrected chi connectivity index (χ4v) is 0.620. The summed E-state index contributed by atoms with van der Waals surface area (Å²) >= 11 is 0. The van der Waals surface area contributed by atoms with Crippen LogP contribution in [0.1, 0.15) is 19.8 Å². The van der Waals surface area contributed by atoms with E-state index in [9.17, 15) is 13.2 Å². The topological polar surface area (TPSA) is 50.4 Å². The molecule has 0 saturated heterocycles. The number of halogens is 3. The van der Waals surface area contributed by atoms with E-state index in [-0.39, 0.29) is 12.5 Å². The van der Waals surface area contributed by atoms with Crippen LogP contribution in [0, 0.1) is 0 Å². The van der Waals surface area contributed by atoms with Crippen LogP contribution < -0.4 is 11.1 Å². The van der Waals surface area contributed by atoms with Crippen molar-refractivity contribution in [2.75, 3.05) is 13.1 Å². The smallest absolute Gasteiger partial charge is 0.370 e. The fraction of sp³-hybridized carbons (Fsp3) is 0.857. The van der Waals surface area contributed by atoms with Gasteiger partial charge in [-0.15, -0.1) is 0 Å². The molecule has 78 valence electrons. The Labute approximate surface area is 75.2 Å². The van der Waals surface area contributed by atoms with Crippen LogP contribution >= 0.6 is 0 Å². The zero-order valence-corrected chi connectivity index (χ0v) is 7.49. The molecule has 0 aliphatic rings. The first-order valence-corrected chi connectivity index (χ1v) is 4.06. The van der Waals surface area contributed by atoms with E-state index in [0.29, 0.717) is 6.54 Å². The van der Waals surface area contributed by atoms with E-state index in [1.54, 1.807) is 0 Å². The highest BCUT2D eigenvalue weighted by atomic mass is 19.4. The van der Waals surface area contributed by atoms with Crippen molar-refractivity contribution >= 4 is 5.96 Å². The van der Waals surface area contributed by atoms with E-state index >= 15 is 0 Å². The summed E-state index contributed by atoms with van der Waals surface area (Å²) in [5.41, 5.74) is 5.26. The summed E-state index contributed by atoms with van der Waals surface area (Å²) < 4.78 is 34.9. The Bertz CT molecular complexity index is 165. The molecule has 0 saturated carbocycles. The Kier molecular flexibility index (Phi) is 5.25. The molecular formula is C7H14F3N3. The maximum Gasteiger partial charge on any atom is 0.390 e. The van der Waals surface area contributed by atoms with Crippen LogP contribution in [0.3, 0.4) is 0 Å². The van der Waals surface area contributed by atoms with Crippen molar-refractivity contribution in [1.29, 1.82) is 0 Å². The third kappa shape index (κ3) is 8.97. The molecule has 0 heterocycles. The van der Waals surface area contributed by atoms with Crippen molar-refractivity contribution in [3.05, 3.63) is 0 Å². The summed E-state index contributed by atoms with van der Waals surface area (Å²) in [7, 11) is 0. The van der Waals surface area contributed by atoms with Crippen molar-refractivity contribution in [2.24, 2.45) is 10.7 Å². The molecule has 0 radical (unpaired) electrons. The van der Waals surface area contributed by atoms with Crippen molar-refractivity contribution < 1.29 is 13.2 Å². The van der Waals surface area contributed by atoms with Crippen LogP contribution in [0.25, 0.3) is 0 Å². The van der Waals surface area contributed by atoms with Crippen LogP contribution in [0.15, 0.2) is 4.99 Å². The second-order valence-electron chi connectivity index (χ2n) is 2.56. The average molecular weight is 197 g/mol. The van der Waals surface area contributed by atoms with Crippen molar-refractivity contribution in [1.82, 2.24) is 5.32 Å². The minimum atomic E-state index is -4.14. The van der Waals surface area contributed by atoms with Gasteiger partial charge in [-0.2, -0.15) is 13.2 Å². The number of rotatable bonds is 4. The zero-order chi connectivity index (χ0) is 10.3. The molecule has 0 aromatic carbocycles. The van der Waals surface area contributed by atoms with Gasteiger partial charge in [0.05, 0.1) is 6.42 Å². The minimum Gasteiger partial charge on any atom is -0.370 e. The van der Waals surface area contributed by atoms with E-state index in [0.717, 1.165) is 6.42 Å². The molecule has 0 aliphatic heterocycles. The number of guanidine groups is 1. The van der Waals surface area contributed by atoms with Gasteiger partial charge < -0.3 is 11.1 Å². The fourth-order valence-electron chi connectivity index (χ4n) is 0.620.